The highest BCUT2D eigenvalue weighted by Gasteiger charge is 2.17. The van der Waals surface area contributed by atoms with E-state index < -0.39 is 5.97 Å². The van der Waals surface area contributed by atoms with Crippen LogP contribution >= 0.6 is 11.3 Å². The summed E-state index contributed by atoms with van der Waals surface area (Å²) in [7, 11) is 2.13. The van der Waals surface area contributed by atoms with Gasteiger partial charge in [0.1, 0.15) is 0 Å². The van der Waals surface area contributed by atoms with Crippen molar-refractivity contribution in [3.8, 4) is 0 Å². The van der Waals surface area contributed by atoms with Crippen molar-refractivity contribution in [3.63, 3.8) is 0 Å². The number of carbonyl (C=O) groups is 1. The number of carboxylic acid groups (broad SMARTS) is 1. The Hall–Kier alpha value is -1.14. The number of nitrogens with zero attached hydrogens (tertiary/aromatic N) is 2. The Morgan fingerprint density at radius 3 is 3.00 bits per heavy atom. The Morgan fingerprint density at radius 2 is 2.35 bits per heavy atom. The number of rotatable bonds is 4. The molecule has 2 heterocycles. The molecule has 0 bridgehead atoms. The summed E-state index contributed by atoms with van der Waals surface area (Å²) in [6.07, 6.45) is 2.24. The molecule has 94 valence electrons. The number of anilines is 1. The van der Waals surface area contributed by atoms with E-state index in [2.05, 4.69) is 22.2 Å². The minimum absolute atomic E-state index is 0.00554. The average molecular weight is 255 g/mol. The maximum atomic E-state index is 10.5. The molecule has 1 fully saturated rings. The third-order valence-electron chi connectivity index (χ3n) is 2.93. The molecule has 0 atom stereocenters. The van der Waals surface area contributed by atoms with Crippen LogP contribution < -0.4 is 5.32 Å². The number of likely N-dealkylation sites (tertiary alicyclic amines) is 1. The quantitative estimate of drug-likeness (QED) is 0.848. The van der Waals surface area contributed by atoms with E-state index in [-0.39, 0.29) is 6.42 Å². The van der Waals surface area contributed by atoms with E-state index in [9.17, 15) is 4.79 Å². The molecule has 0 radical (unpaired) electrons. The van der Waals surface area contributed by atoms with Crippen LogP contribution in [0.2, 0.25) is 0 Å². The van der Waals surface area contributed by atoms with Crippen LogP contribution in [0.15, 0.2) is 5.38 Å². The first-order chi connectivity index (χ1) is 8.13. The summed E-state index contributed by atoms with van der Waals surface area (Å²) in [4.78, 5) is 17.1. The van der Waals surface area contributed by atoms with Crippen LogP contribution in [-0.4, -0.2) is 47.1 Å². The van der Waals surface area contributed by atoms with Gasteiger partial charge in [-0.05, 0) is 33.0 Å². The average Bonchev–Trinajstić information content (AvgIpc) is 2.68. The lowest BCUT2D eigenvalue weighted by Gasteiger charge is -2.29. The smallest absolute Gasteiger partial charge is 0.309 e. The van der Waals surface area contributed by atoms with Gasteiger partial charge in [0.2, 0.25) is 0 Å². The zero-order valence-electron chi connectivity index (χ0n) is 9.85. The minimum Gasteiger partial charge on any atom is -0.481 e. The highest BCUT2D eigenvalue weighted by molar-refractivity contribution is 7.13. The van der Waals surface area contributed by atoms with E-state index in [0.717, 1.165) is 31.1 Å². The standard InChI is InChI=1S/C11H17N3O2S/c1-14-4-2-8(3-5-14)12-11-13-9(7-17-11)6-10(15)16/h7-8H,2-6H2,1H3,(H,12,13)(H,15,16). The van der Waals surface area contributed by atoms with Crippen molar-refractivity contribution >= 4 is 22.4 Å². The molecule has 0 saturated carbocycles. The van der Waals surface area contributed by atoms with Crippen LogP contribution in [-0.2, 0) is 11.2 Å². The number of aliphatic carboxylic acids is 1. The normalized spacial score (nSPS) is 18.2. The summed E-state index contributed by atoms with van der Waals surface area (Å²) >= 11 is 1.49. The molecule has 5 nitrogen and oxygen atoms in total. The van der Waals surface area contributed by atoms with Crippen LogP contribution in [0.5, 0.6) is 0 Å². The number of aromatic nitrogens is 1. The summed E-state index contributed by atoms with van der Waals surface area (Å²) < 4.78 is 0. The fraction of sp³-hybridized carbons (Fsp3) is 0.636. The van der Waals surface area contributed by atoms with Crippen LogP contribution in [0.1, 0.15) is 18.5 Å². The SMILES string of the molecule is CN1CCC(Nc2nc(CC(=O)O)cs2)CC1. The first-order valence-electron chi connectivity index (χ1n) is 5.75. The molecule has 0 unspecified atom stereocenters. The molecule has 1 aromatic rings. The zero-order chi connectivity index (χ0) is 12.3. The predicted octanol–water partition coefficient (Wildman–Crippen LogP) is 1.28. The molecule has 0 amide bonds. The molecule has 0 spiro atoms. The van der Waals surface area contributed by atoms with Gasteiger partial charge in [0.15, 0.2) is 5.13 Å². The van der Waals surface area contributed by atoms with E-state index in [1.54, 1.807) is 0 Å². The first-order valence-corrected chi connectivity index (χ1v) is 6.63. The van der Waals surface area contributed by atoms with Crippen LogP contribution in [0.25, 0.3) is 0 Å². The number of hydrogen-bond acceptors (Lipinski definition) is 5. The van der Waals surface area contributed by atoms with Gasteiger partial charge in [0.05, 0.1) is 12.1 Å². The molecule has 1 aromatic heterocycles. The largest absolute Gasteiger partial charge is 0.481 e. The zero-order valence-corrected chi connectivity index (χ0v) is 10.7. The molecule has 0 aliphatic carbocycles. The highest BCUT2D eigenvalue weighted by Crippen LogP contribution is 2.20. The first kappa shape index (κ1) is 12.3. The van der Waals surface area contributed by atoms with Gasteiger partial charge in [-0.25, -0.2) is 4.98 Å². The summed E-state index contributed by atoms with van der Waals surface area (Å²) in [5, 5.41) is 14.7. The number of thiazole rings is 1. The van der Waals surface area contributed by atoms with Gasteiger partial charge in [-0.15, -0.1) is 11.3 Å². The van der Waals surface area contributed by atoms with E-state index in [1.165, 1.54) is 11.3 Å². The van der Waals surface area contributed by atoms with Gasteiger partial charge < -0.3 is 15.3 Å². The van der Waals surface area contributed by atoms with Crippen LogP contribution in [0.3, 0.4) is 0 Å². The van der Waals surface area contributed by atoms with Gasteiger partial charge in [-0.2, -0.15) is 0 Å². The van der Waals surface area contributed by atoms with E-state index in [1.807, 2.05) is 5.38 Å². The number of piperidine rings is 1. The Balaban J connectivity index is 1.86. The topological polar surface area (TPSA) is 65.5 Å². The van der Waals surface area contributed by atoms with Crippen molar-refractivity contribution in [2.24, 2.45) is 0 Å². The van der Waals surface area contributed by atoms with Crippen LogP contribution in [0, 0.1) is 0 Å². The molecule has 1 aliphatic rings. The predicted molar refractivity (Wildman–Crippen MR) is 67.6 cm³/mol. The number of hydrogen-bond donors (Lipinski definition) is 2. The lowest BCUT2D eigenvalue weighted by Crippen LogP contribution is -2.36. The second-order valence-corrected chi connectivity index (χ2v) is 5.29. The van der Waals surface area contributed by atoms with E-state index >= 15 is 0 Å². The maximum absolute atomic E-state index is 10.5. The van der Waals surface area contributed by atoms with Gasteiger partial charge in [0, 0.05) is 11.4 Å². The van der Waals surface area contributed by atoms with E-state index in [0.29, 0.717) is 11.7 Å². The Bertz CT molecular complexity index is 386. The molecular formula is C11H17N3O2S. The van der Waals surface area contributed by atoms with Crippen molar-refractivity contribution in [2.45, 2.75) is 25.3 Å². The summed E-state index contributed by atoms with van der Waals surface area (Å²) in [5.74, 6) is -0.832. The lowest BCUT2D eigenvalue weighted by atomic mass is 10.1. The second kappa shape index (κ2) is 5.46. The maximum Gasteiger partial charge on any atom is 0.309 e. The third kappa shape index (κ3) is 3.67. The van der Waals surface area contributed by atoms with Crippen molar-refractivity contribution in [3.05, 3.63) is 11.1 Å². The summed E-state index contributed by atoms with van der Waals surface area (Å²) in [6.45, 7) is 2.20. The molecule has 1 aliphatic heterocycles. The molecule has 2 N–H and O–H groups in total. The summed E-state index contributed by atoms with van der Waals surface area (Å²) in [5.41, 5.74) is 0.637. The Labute approximate surface area is 104 Å². The van der Waals surface area contributed by atoms with Gasteiger partial charge in [-0.1, -0.05) is 0 Å². The summed E-state index contributed by atoms with van der Waals surface area (Å²) in [6, 6.07) is 0.468. The second-order valence-electron chi connectivity index (χ2n) is 4.44. The monoisotopic (exact) mass is 255 g/mol. The molecule has 1 saturated heterocycles. The lowest BCUT2D eigenvalue weighted by molar-refractivity contribution is -0.136. The van der Waals surface area contributed by atoms with Crippen LogP contribution in [0.4, 0.5) is 5.13 Å². The molecule has 17 heavy (non-hydrogen) atoms. The van der Waals surface area contributed by atoms with Gasteiger partial charge in [-0.3, -0.25) is 4.79 Å². The molecule has 2 rings (SSSR count). The van der Waals surface area contributed by atoms with Crippen molar-refractivity contribution in [1.29, 1.82) is 0 Å². The van der Waals surface area contributed by atoms with Crippen molar-refractivity contribution < 1.29 is 9.90 Å². The third-order valence-corrected chi connectivity index (χ3v) is 3.75. The Morgan fingerprint density at radius 1 is 1.65 bits per heavy atom. The van der Waals surface area contributed by atoms with E-state index in [4.69, 9.17) is 5.11 Å². The highest BCUT2D eigenvalue weighted by atomic mass is 32.1. The van der Waals surface area contributed by atoms with Gasteiger partial charge in [0.25, 0.3) is 0 Å². The molecule has 6 heteroatoms. The molecular weight excluding hydrogens is 238 g/mol. The minimum atomic E-state index is -0.832. The van der Waals surface area contributed by atoms with Gasteiger partial charge >= 0.3 is 5.97 Å². The molecule has 0 aromatic carbocycles. The van der Waals surface area contributed by atoms with Crippen molar-refractivity contribution in [2.75, 3.05) is 25.5 Å². The number of carboxylic acids is 1. The fourth-order valence-electron chi connectivity index (χ4n) is 1.94. The number of nitrogens with one attached hydrogen (secondary N) is 1. The van der Waals surface area contributed by atoms with Crippen molar-refractivity contribution in [1.82, 2.24) is 9.88 Å². The Kier molecular flexibility index (Phi) is 3.96. The fourth-order valence-corrected chi connectivity index (χ4v) is 2.73.